The lowest BCUT2D eigenvalue weighted by molar-refractivity contribution is 0.637. The van der Waals surface area contributed by atoms with Crippen LogP contribution in [0.15, 0.2) is 29.2 Å². The Balaban J connectivity index is 2.65. The Morgan fingerprint density at radius 1 is 1.40 bits per heavy atom. The van der Waals surface area contributed by atoms with Gasteiger partial charge in [0.25, 0.3) is 0 Å². The highest BCUT2D eigenvalue weighted by molar-refractivity contribution is 7.85. The zero-order valence-corrected chi connectivity index (χ0v) is 10.2. The predicted molar refractivity (Wildman–Crippen MR) is 65.3 cm³/mol. The molecule has 0 bridgehead atoms. The number of aryl methyl sites for hydroxylation is 1. The fourth-order valence-corrected chi connectivity index (χ4v) is 2.94. The van der Waals surface area contributed by atoms with E-state index in [2.05, 4.69) is 6.92 Å². The molecular formula is C12H19NOS. The highest BCUT2D eigenvalue weighted by Gasteiger charge is 2.10. The Morgan fingerprint density at radius 3 is 2.67 bits per heavy atom. The Kier molecular flexibility index (Phi) is 4.99. The van der Waals surface area contributed by atoms with Crippen molar-refractivity contribution < 1.29 is 4.21 Å². The van der Waals surface area contributed by atoms with Crippen LogP contribution in [0.1, 0.15) is 25.3 Å². The molecule has 0 amide bonds. The molecule has 3 heteroatoms. The maximum atomic E-state index is 12.0. The number of hydrogen-bond donors (Lipinski definition) is 1. The molecule has 0 saturated heterocycles. The van der Waals surface area contributed by atoms with Gasteiger partial charge in [-0.25, -0.2) is 0 Å². The van der Waals surface area contributed by atoms with Crippen molar-refractivity contribution in [3.63, 3.8) is 0 Å². The molecule has 0 heterocycles. The molecule has 0 aliphatic carbocycles. The maximum absolute atomic E-state index is 12.0. The van der Waals surface area contributed by atoms with Crippen molar-refractivity contribution in [3.8, 4) is 0 Å². The van der Waals surface area contributed by atoms with Gasteiger partial charge in [-0.3, -0.25) is 4.21 Å². The van der Waals surface area contributed by atoms with Crippen molar-refractivity contribution in [2.24, 2.45) is 5.73 Å². The molecule has 0 aliphatic heterocycles. The van der Waals surface area contributed by atoms with Crippen molar-refractivity contribution in [1.82, 2.24) is 0 Å². The molecule has 1 aromatic rings. The first kappa shape index (κ1) is 12.4. The topological polar surface area (TPSA) is 43.1 Å². The average Bonchev–Trinajstić information content (AvgIpc) is 2.18. The van der Waals surface area contributed by atoms with E-state index in [9.17, 15) is 4.21 Å². The maximum Gasteiger partial charge on any atom is 0.0547 e. The molecule has 0 spiro atoms. The van der Waals surface area contributed by atoms with E-state index >= 15 is 0 Å². The standard InChI is InChI=1S/C12H19NOS/c1-3-6-11(13)9-15(14)12-8-5-4-7-10(12)2/h4-5,7-8,11H,3,6,9,13H2,1-2H3. The lowest BCUT2D eigenvalue weighted by Gasteiger charge is -2.11. The van der Waals surface area contributed by atoms with Crippen LogP contribution in [0.3, 0.4) is 0 Å². The summed E-state index contributed by atoms with van der Waals surface area (Å²) in [5.74, 6) is 0.568. The van der Waals surface area contributed by atoms with Gasteiger partial charge in [-0.1, -0.05) is 31.5 Å². The minimum atomic E-state index is -0.952. The molecule has 0 aromatic heterocycles. The second kappa shape index (κ2) is 6.03. The van der Waals surface area contributed by atoms with Crippen LogP contribution in [-0.4, -0.2) is 16.0 Å². The first-order valence-electron chi connectivity index (χ1n) is 5.34. The Morgan fingerprint density at radius 2 is 2.07 bits per heavy atom. The predicted octanol–water partition coefficient (Wildman–Crippen LogP) is 2.23. The first-order chi connectivity index (χ1) is 7.15. The molecule has 0 fully saturated rings. The number of rotatable bonds is 5. The van der Waals surface area contributed by atoms with E-state index in [0.717, 1.165) is 23.3 Å². The quantitative estimate of drug-likeness (QED) is 0.835. The van der Waals surface area contributed by atoms with E-state index in [1.165, 1.54) is 0 Å². The molecule has 2 nitrogen and oxygen atoms in total. The Hall–Kier alpha value is -0.670. The summed E-state index contributed by atoms with van der Waals surface area (Å²) in [4.78, 5) is 0.920. The van der Waals surface area contributed by atoms with E-state index in [0.29, 0.717) is 5.75 Å². The lowest BCUT2D eigenvalue weighted by atomic mass is 10.2. The van der Waals surface area contributed by atoms with Gasteiger partial charge in [0.15, 0.2) is 0 Å². The minimum Gasteiger partial charge on any atom is -0.327 e. The normalized spacial score (nSPS) is 14.9. The van der Waals surface area contributed by atoms with Crippen LogP contribution < -0.4 is 5.73 Å². The fraction of sp³-hybridized carbons (Fsp3) is 0.500. The van der Waals surface area contributed by atoms with Crippen LogP contribution >= 0.6 is 0 Å². The second-order valence-corrected chi connectivity index (χ2v) is 5.29. The van der Waals surface area contributed by atoms with E-state index in [1.807, 2.05) is 31.2 Å². The van der Waals surface area contributed by atoms with Crippen molar-refractivity contribution in [1.29, 1.82) is 0 Å². The van der Waals surface area contributed by atoms with Crippen LogP contribution in [0.5, 0.6) is 0 Å². The SMILES string of the molecule is CCCC(N)CS(=O)c1ccccc1C. The smallest absolute Gasteiger partial charge is 0.0547 e. The fourth-order valence-electron chi connectivity index (χ4n) is 1.55. The van der Waals surface area contributed by atoms with E-state index in [1.54, 1.807) is 0 Å². The molecule has 0 aliphatic rings. The second-order valence-electron chi connectivity index (χ2n) is 3.83. The van der Waals surface area contributed by atoms with Gasteiger partial charge in [0.2, 0.25) is 0 Å². The van der Waals surface area contributed by atoms with Gasteiger partial charge in [-0.2, -0.15) is 0 Å². The van der Waals surface area contributed by atoms with Gasteiger partial charge >= 0.3 is 0 Å². The highest BCUT2D eigenvalue weighted by atomic mass is 32.2. The number of nitrogens with two attached hydrogens (primary N) is 1. The summed E-state index contributed by atoms with van der Waals surface area (Å²) < 4.78 is 12.0. The van der Waals surface area contributed by atoms with E-state index < -0.39 is 10.8 Å². The molecule has 1 rings (SSSR count). The third-order valence-corrected chi connectivity index (χ3v) is 4.04. The van der Waals surface area contributed by atoms with Gasteiger partial charge in [0.1, 0.15) is 0 Å². The zero-order valence-electron chi connectivity index (χ0n) is 9.40. The number of benzene rings is 1. The average molecular weight is 225 g/mol. The van der Waals surface area contributed by atoms with Crippen molar-refractivity contribution >= 4 is 10.8 Å². The summed E-state index contributed by atoms with van der Waals surface area (Å²) in [6, 6.07) is 7.84. The highest BCUT2D eigenvalue weighted by Crippen LogP contribution is 2.13. The monoisotopic (exact) mass is 225 g/mol. The van der Waals surface area contributed by atoms with Crippen molar-refractivity contribution in [2.45, 2.75) is 37.6 Å². The summed E-state index contributed by atoms with van der Waals surface area (Å²) in [5, 5.41) is 0. The summed E-state index contributed by atoms with van der Waals surface area (Å²) in [6.07, 6.45) is 1.99. The molecule has 0 saturated carbocycles. The first-order valence-corrected chi connectivity index (χ1v) is 6.66. The van der Waals surface area contributed by atoms with Crippen LogP contribution in [0.4, 0.5) is 0 Å². The van der Waals surface area contributed by atoms with Crippen molar-refractivity contribution in [2.75, 3.05) is 5.75 Å². The molecule has 2 unspecified atom stereocenters. The van der Waals surface area contributed by atoms with Gasteiger partial charge in [0, 0.05) is 16.7 Å². The minimum absolute atomic E-state index is 0.0513. The third-order valence-electron chi connectivity index (χ3n) is 2.36. The molecule has 84 valence electrons. The molecular weight excluding hydrogens is 206 g/mol. The molecule has 0 radical (unpaired) electrons. The summed E-state index contributed by atoms with van der Waals surface area (Å²) in [7, 11) is -0.952. The van der Waals surface area contributed by atoms with Gasteiger partial charge in [-0.15, -0.1) is 0 Å². The van der Waals surface area contributed by atoms with Gasteiger partial charge < -0.3 is 5.73 Å². The third kappa shape index (κ3) is 3.76. The van der Waals surface area contributed by atoms with Gasteiger partial charge in [-0.05, 0) is 25.0 Å². The molecule has 2 N–H and O–H groups in total. The van der Waals surface area contributed by atoms with Crippen molar-refractivity contribution in [3.05, 3.63) is 29.8 Å². The van der Waals surface area contributed by atoms with E-state index in [4.69, 9.17) is 5.73 Å². The van der Waals surface area contributed by atoms with Crippen LogP contribution in [0, 0.1) is 6.92 Å². The number of hydrogen-bond acceptors (Lipinski definition) is 2. The molecule has 15 heavy (non-hydrogen) atoms. The lowest BCUT2D eigenvalue weighted by Crippen LogP contribution is -2.26. The molecule has 1 aromatic carbocycles. The largest absolute Gasteiger partial charge is 0.327 e. The zero-order chi connectivity index (χ0) is 11.3. The van der Waals surface area contributed by atoms with E-state index in [-0.39, 0.29) is 6.04 Å². The summed E-state index contributed by atoms with van der Waals surface area (Å²) in [6.45, 7) is 4.08. The Labute approximate surface area is 94.3 Å². The summed E-state index contributed by atoms with van der Waals surface area (Å²) in [5.41, 5.74) is 6.96. The van der Waals surface area contributed by atoms with Gasteiger partial charge in [0.05, 0.1) is 10.8 Å². The van der Waals surface area contributed by atoms with Crippen LogP contribution in [-0.2, 0) is 10.8 Å². The van der Waals surface area contributed by atoms with Crippen LogP contribution in [0.2, 0.25) is 0 Å². The molecule has 2 atom stereocenters. The Bertz CT molecular complexity index is 338. The van der Waals surface area contributed by atoms with Crippen LogP contribution in [0.25, 0.3) is 0 Å². The summed E-state index contributed by atoms with van der Waals surface area (Å²) >= 11 is 0.